The summed E-state index contributed by atoms with van der Waals surface area (Å²) in [4.78, 5) is 19.7. The predicted octanol–water partition coefficient (Wildman–Crippen LogP) is 1.65. The lowest BCUT2D eigenvalue weighted by molar-refractivity contribution is -0.134. The van der Waals surface area contributed by atoms with Crippen LogP contribution in [-0.4, -0.2) is 17.4 Å². The standard InChI is InChI=1S/C5H4OS.C2H4O2/c6-4-5-2-1-3-7-5;1-2(3)4/h1-4H;1H3,(H,3,4). The third-order valence-electron chi connectivity index (χ3n) is 0.659. The fourth-order valence-corrected chi connectivity index (χ4v) is 0.885. The minimum Gasteiger partial charge on any atom is -0.481 e. The Hall–Kier alpha value is -1.16. The predicted molar refractivity (Wildman–Crippen MR) is 43.0 cm³/mol. The van der Waals surface area contributed by atoms with Gasteiger partial charge in [0.1, 0.15) is 0 Å². The van der Waals surface area contributed by atoms with Crippen LogP contribution < -0.4 is 0 Å². The van der Waals surface area contributed by atoms with E-state index in [0.717, 1.165) is 18.1 Å². The third kappa shape index (κ3) is 6.73. The van der Waals surface area contributed by atoms with Gasteiger partial charge in [-0.2, -0.15) is 0 Å². The molecule has 1 heterocycles. The zero-order valence-corrected chi connectivity index (χ0v) is 6.80. The van der Waals surface area contributed by atoms with Crippen molar-refractivity contribution in [3.63, 3.8) is 0 Å². The largest absolute Gasteiger partial charge is 0.481 e. The molecular weight excluding hydrogens is 164 g/mol. The maximum atomic E-state index is 9.88. The molecule has 0 aliphatic carbocycles. The molecule has 4 heteroatoms. The molecule has 11 heavy (non-hydrogen) atoms. The Kier molecular flexibility index (Phi) is 5.02. The van der Waals surface area contributed by atoms with Crippen LogP contribution in [-0.2, 0) is 4.79 Å². The van der Waals surface area contributed by atoms with E-state index in [1.165, 1.54) is 11.3 Å². The van der Waals surface area contributed by atoms with Crippen molar-refractivity contribution in [2.24, 2.45) is 0 Å². The van der Waals surface area contributed by atoms with E-state index in [2.05, 4.69) is 0 Å². The van der Waals surface area contributed by atoms with Crippen LogP contribution in [0.1, 0.15) is 16.6 Å². The molecule has 1 rings (SSSR count). The van der Waals surface area contributed by atoms with Crippen LogP contribution in [0.4, 0.5) is 0 Å². The van der Waals surface area contributed by atoms with Gasteiger partial charge in [-0.15, -0.1) is 11.3 Å². The average Bonchev–Trinajstić information content (AvgIpc) is 2.36. The highest BCUT2D eigenvalue weighted by Gasteiger charge is 1.82. The molecule has 60 valence electrons. The van der Waals surface area contributed by atoms with Crippen molar-refractivity contribution in [1.29, 1.82) is 0 Å². The molecule has 0 atom stereocenters. The summed E-state index contributed by atoms with van der Waals surface area (Å²) in [5.74, 6) is -0.833. The highest BCUT2D eigenvalue weighted by atomic mass is 32.1. The van der Waals surface area contributed by atoms with E-state index >= 15 is 0 Å². The van der Waals surface area contributed by atoms with Gasteiger partial charge in [-0.1, -0.05) is 6.07 Å². The Morgan fingerprint density at radius 2 is 2.27 bits per heavy atom. The molecule has 1 aromatic heterocycles. The Morgan fingerprint density at radius 3 is 2.45 bits per heavy atom. The summed E-state index contributed by atoms with van der Waals surface area (Å²) in [6.07, 6.45) is 0.852. The van der Waals surface area contributed by atoms with E-state index in [-0.39, 0.29) is 0 Å². The van der Waals surface area contributed by atoms with E-state index in [1.54, 1.807) is 6.07 Å². The molecule has 0 bridgehead atoms. The molecule has 3 nitrogen and oxygen atoms in total. The monoisotopic (exact) mass is 172 g/mol. The first-order chi connectivity index (χ1) is 5.16. The van der Waals surface area contributed by atoms with Crippen LogP contribution >= 0.6 is 11.3 Å². The number of rotatable bonds is 1. The lowest BCUT2D eigenvalue weighted by Gasteiger charge is -1.66. The number of hydrogen-bond acceptors (Lipinski definition) is 3. The fraction of sp³-hybridized carbons (Fsp3) is 0.143. The number of carbonyl (C=O) groups excluding carboxylic acids is 1. The smallest absolute Gasteiger partial charge is 0.300 e. The molecule has 1 N–H and O–H groups in total. The van der Waals surface area contributed by atoms with Gasteiger partial charge in [0.25, 0.3) is 5.97 Å². The van der Waals surface area contributed by atoms with Gasteiger partial charge >= 0.3 is 0 Å². The minimum atomic E-state index is -0.833. The van der Waals surface area contributed by atoms with Gasteiger partial charge in [-0.3, -0.25) is 9.59 Å². The van der Waals surface area contributed by atoms with Crippen LogP contribution in [0.25, 0.3) is 0 Å². The van der Waals surface area contributed by atoms with Crippen molar-refractivity contribution in [3.8, 4) is 0 Å². The zero-order valence-electron chi connectivity index (χ0n) is 5.98. The summed E-state index contributed by atoms with van der Waals surface area (Å²) < 4.78 is 0. The van der Waals surface area contributed by atoms with Crippen LogP contribution in [0, 0.1) is 0 Å². The number of aliphatic carboxylic acids is 1. The Balaban J connectivity index is 0.000000218. The SMILES string of the molecule is CC(=O)O.O=Cc1cccs1. The highest BCUT2D eigenvalue weighted by Crippen LogP contribution is 2.03. The van der Waals surface area contributed by atoms with Crippen molar-refractivity contribution in [1.82, 2.24) is 0 Å². The molecule has 0 radical (unpaired) electrons. The van der Waals surface area contributed by atoms with Crippen molar-refractivity contribution in [3.05, 3.63) is 22.4 Å². The Bertz CT molecular complexity index is 212. The molecule has 1 aromatic rings. The van der Waals surface area contributed by atoms with E-state index in [0.29, 0.717) is 0 Å². The Labute approximate surface area is 68.3 Å². The molecule has 0 aromatic carbocycles. The maximum absolute atomic E-state index is 9.88. The topological polar surface area (TPSA) is 54.4 Å². The molecule has 0 aliphatic rings. The second-order valence-electron chi connectivity index (χ2n) is 1.65. The summed E-state index contributed by atoms with van der Waals surface area (Å²) >= 11 is 1.45. The number of hydrogen-bond donors (Lipinski definition) is 1. The van der Waals surface area contributed by atoms with Crippen LogP contribution in [0.15, 0.2) is 17.5 Å². The lowest BCUT2D eigenvalue weighted by atomic mass is 10.5. The Morgan fingerprint density at radius 1 is 1.73 bits per heavy atom. The summed E-state index contributed by atoms with van der Waals surface area (Å²) in [5.41, 5.74) is 0. The van der Waals surface area contributed by atoms with Crippen molar-refractivity contribution >= 4 is 23.6 Å². The molecule has 0 saturated heterocycles. The second-order valence-corrected chi connectivity index (χ2v) is 2.63. The van der Waals surface area contributed by atoms with E-state index < -0.39 is 5.97 Å². The van der Waals surface area contributed by atoms with Gasteiger partial charge in [0.15, 0.2) is 6.29 Å². The number of carboxylic acids is 1. The quantitative estimate of drug-likeness (QED) is 0.655. The van der Waals surface area contributed by atoms with Crippen molar-refractivity contribution in [2.75, 3.05) is 0 Å². The molecule has 0 spiro atoms. The molecule has 0 aliphatic heterocycles. The highest BCUT2D eigenvalue weighted by molar-refractivity contribution is 7.11. The number of thiophene rings is 1. The van der Waals surface area contributed by atoms with Gasteiger partial charge in [-0.25, -0.2) is 0 Å². The van der Waals surface area contributed by atoms with E-state index in [1.807, 2.05) is 11.4 Å². The van der Waals surface area contributed by atoms with Crippen molar-refractivity contribution in [2.45, 2.75) is 6.92 Å². The first-order valence-electron chi connectivity index (χ1n) is 2.85. The third-order valence-corrected chi connectivity index (χ3v) is 1.46. The zero-order chi connectivity index (χ0) is 8.69. The van der Waals surface area contributed by atoms with Gasteiger partial charge in [0.05, 0.1) is 4.88 Å². The van der Waals surface area contributed by atoms with E-state index in [9.17, 15) is 4.79 Å². The average molecular weight is 172 g/mol. The van der Waals surface area contributed by atoms with Crippen LogP contribution in [0.2, 0.25) is 0 Å². The number of aldehydes is 1. The van der Waals surface area contributed by atoms with E-state index in [4.69, 9.17) is 9.90 Å². The van der Waals surface area contributed by atoms with Crippen LogP contribution in [0.3, 0.4) is 0 Å². The molecule has 0 unspecified atom stereocenters. The number of carbonyl (C=O) groups is 2. The molecule has 0 saturated carbocycles. The second kappa shape index (κ2) is 5.61. The first kappa shape index (κ1) is 9.84. The van der Waals surface area contributed by atoms with Gasteiger partial charge in [0.2, 0.25) is 0 Å². The summed E-state index contributed by atoms with van der Waals surface area (Å²) in [6, 6.07) is 3.64. The summed E-state index contributed by atoms with van der Waals surface area (Å²) in [7, 11) is 0. The molecular formula is C7H8O3S. The number of carboxylic acid groups (broad SMARTS) is 1. The summed E-state index contributed by atoms with van der Waals surface area (Å²) in [6.45, 7) is 1.08. The maximum Gasteiger partial charge on any atom is 0.300 e. The molecule has 0 fully saturated rings. The van der Waals surface area contributed by atoms with Crippen molar-refractivity contribution < 1.29 is 14.7 Å². The van der Waals surface area contributed by atoms with Gasteiger partial charge < -0.3 is 5.11 Å². The normalized spacial score (nSPS) is 7.73. The first-order valence-corrected chi connectivity index (χ1v) is 3.73. The lowest BCUT2D eigenvalue weighted by Crippen LogP contribution is -1.78. The fourth-order valence-electron chi connectivity index (χ4n) is 0.358. The van der Waals surface area contributed by atoms with Crippen LogP contribution in [0.5, 0.6) is 0 Å². The van der Waals surface area contributed by atoms with Gasteiger partial charge in [-0.05, 0) is 11.4 Å². The summed E-state index contributed by atoms with van der Waals surface area (Å²) in [5, 5.41) is 9.30. The van der Waals surface area contributed by atoms with Gasteiger partial charge in [0, 0.05) is 6.92 Å². The molecule has 0 amide bonds. The minimum absolute atomic E-state index is 0.792.